The van der Waals surface area contributed by atoms with Crippen LogP contribution in [0.3, 0.4) is 0 Å². The van der Waals surface area contributed by atoms with Gasteiger partial charge in [-0.1, -0.05) is 0 Å². The summed E-state index contributed by atoms with van der Waals surface area (Å²) in [5, 5.41) is 2.78. The van der Waals surface area contributed by atoms with Crippen LogP contribution in [-0.4, -0.2) is 38.7 Å². The summed E-state index contributed by atoms with van der Waals surface area (Å²) in [7, 11) is 1.38. The lowest BCUT2D eigenvalue weighted by molar-refractivity contribution is -0.106. The number of carbonyl (C=O) groups excluding carboxylic acids is 2. The molecular weight excluding hydrogens is 210 g/mol. The van der Waals surface area contributed by atoms with Gasteiger partial charge in [-0.3, -0.25) is 0 Å². The SMILES string of the molecule is CC=O.COC(=O)NC(C)C1CCOCC1. The third-order valence-electron chi connectivity index (χ3n) is 2.50. The van der Waals surface area contributed by atoms with Gasteiger partial charge < -0.3 is 19.6 Å². The molecule has 1 heterocycles. The van der Waals surface area contributed by atoms with E-state index in [0.29, 0.717) is 5.92 Å². The molecule has 1 amide bonds. The highest BCUT2D eigenvalue weighted by Crippen LogP contribution is 2.18. The number of aldehydes is 1. The zero-order valence-corrected chi connectivity index (χ0v) is 10.2. The van der Waals surface area contributed by atoms with Crippen LogP contribution in [0, 0.1) is 5.92 Å². The maximum Gasteiger partial charge on any atom is 0.407 e. The van der Waals surface area contributed by atoms with Crippen LogP contribution < -0.4 is 5.32 Å². The van der Waals surface area contributed by atoms with Gasteiger partial charge in [0.15, 0.2) is 0 Å². The lowest BCUT2D eigenvalue weighted by Gasteiger charge is -2.27. The van der Waals surface area contributed by atoms with Gasteiger partial charge in [0.1, 0.15) is 6.29 Å². The fraction of sp³-hybridized carbons (Fsp3) is 0.818. The fourth-order valence-corrected chi connectivity index (χ4v) is 1.58. The lowest BCUT2D eigenvalue weighted by Crippen LogP contribution is -2.40. The molecule has 0 bridgehead atoms. The summed E-state index contributed by atoms with van der Waals surface area (Å²) in [5.74, 6) is 0.521. The quantitative estimate of drug-likeness (QED) is 0.729. The third-order valence-corrected chi connectivity index (χ3v) is 2.50. The van der Waals surface area contributed by atoms with Crippen molar-refractivity contribution in [2.75, 3.05) is 20.3 Å². The van der Waals surface area contributed by atoms with E-state index in [4.69, 9.17) is 9.53 Å². The summed E-state index contributed by atoms with van der Waals surface area (Å²) in [4.78, 5) is 19.7. The van der Waals surface area contributed by atoms with E-state index in [1.165, 1.54) is 14.0 Å². The lowest BCUT2D eigenvalue weighted by atomic mass is 9.93. The second-order valence-corrected chi connectivity index (χ2v) is 3.61. The summed E-state index contributed by atoms with van der Waals surface area (Å²) >= 11 is 0. The first kappa shape index (κ1) is 14.9. The van der Waals surface area contributed by atoms with Crippen LogP contribution in [-0.2, 0) is 14.3 Å². The molecule has 1 rings (SSSR count). The Kier molecular flexibility index (Phi) is 8.52. The molecule has 1 N–H and O–H groups in total. The zero-order valence-electron chi connectivity index (χ0n) is 10.2. The number of rotatable bonds is 2. The van der Waals surface area contributed by atoms with Crippen molar-refractivity contribution in [1.29, 1.82) is 0 Å². The van der Waals surface area contributed by atoms with Crippen molar-refractivity contribution < 1.29 is 19.1 Å². The Hall–Kier alpha value is -1.10. The topological polar surface area (TPSA) is 64.6 Å². The minimum Gasteiger partial charge on any atom is -0.453 e. The van der Waals surface area contributed by atoms with Gasteiger partial charge in [0.2, 0.25) is 0 Å². The standard InChI is InChI=1S/C9H17NO3.C2H4O/c1-7(10-9(11)12-2)8-3-5-13-6-4-8;1-2-3/h7-8H,3-6H2,1-2H3,(H,10,11);2H,1H3. The molecule has 1 fully saturated rings. The molecule has 1 unspecified atom stereocenters. The molecule has 0 spiro atoms. The second kappa shape index (κ2) is 9.15. The Labute approximate surface area is 96.5 Å². The predicted molar refractivity (Wildman–Crippen MR) is 60.3 cm³/mol. The van der Waals surface area contributed by atoms with Gasteiger partial charge in [0, 0.05) is 19.3 Å². The maximum atomic E-state index is 10.9. The summed E-state index contributed by atoms with van der Waals surface area (Å²) in [6, 6.07) is 0.177. The third kappa shape index (κ3) is 6.40. The van der Waals surface area contributed by atoms with Gasteiger partial charge in [-0.05, 0) is 32.6 Å². The Bertz CT molecular complexity index is 202. The molecule has 1 aliphatic rings. The number of alkyl carbamates (subject to hydrolysis) is 1. The van der Waals surface area contributed by atoms with Crippen molar-refractivity contribution >= 4 is 12.4 Å². The van der Waals surface area contributed by atoms with Crippen LogP contribution in [0.4, 0.5) is 4.79 Å². The van der Waals surface area contributed by atoms with Crippen molar-refractivity contribution in [3.63, 3.8) is 0 Å². The minimum absolute atomic E-state index is 0.177. The van der Waals surface area contributed by atoms with Crippen molar-refractivity contribution in [2.45, 2.75) is 32.7 Å². The van der Waals surface area contributed by atoms with E-state index in [9.17, 15) is 4.79 Å². The van der Waals surface area contributed by atoms with E-state index >= 15 is 0 Å². The molecule has 1 saturated heterocycles. The molecule has 16 heavy (non-hydrogen) atoms. The summed E-state index contributed by atoms with van der Waals surface area (Å²) in [6.07, 6.45) is 2.44. The first-order valence-electron chi connectivity index (χ1n) is 5.47. The largest absolute Gasteiger partial charge is 0.453 e. The molecule has 1 atom stereocenters. The molecular formula is C11H21NO4. The zero-order chi connectivity index (χ0) is 12.4. The molecule has 5 nitrogen and oxygen atoms in total. The van der Waals surface area contributed by atoms with Crippen LogP contribution in [0.2, 0.25) is 0 Å². The normalized spacial score (nSPS) is 17.7. The van der Waals surface area contributed by atoms with Crippen LogP contribution >= 0.6 is 0 Å². The monoisotopic (exact) mass is 231 g/mol. The second-order valence-electron chi connectivity index (χ2n) is 3.61. The van der Waals surface area contributed by atoms with E-state index in [-0.39, 0.29) is 12.1 Å². The average Bonchev–Trinajstić information content (AvgIpc) is 2.31. The van der Waals surface area contributed by atoms with Crippen molar-refractivity contribution in [1.82, 2.24) is 5.32 Å². The van der Waals surface area contributed by atoms with Gasteiger partial charge in [0.25, 0.3) is 0 Å². The van der Waals surface area contributed by atoms with Gasteiger partial charge in [-0.2, -0.15) is 0 Å². The number of ether oxygens (including phenoxy) is 2. The molecule has 0 aliphatic carbocycles. The Balaban J connectivity index is 0.000000673. The maximum absolute atomic E-state index is 10.9. The smallest absolute Gasteiger partial charge is 0.407 e. The highest BCUT2D eigenvalue weighted by Gasteiger charge is 2.21. The van der Waals surface area contributed by atoms with Gasteiger partial charge in [0.05, 0.1) is 7.11 Å². The van der Waals surface area contributed by atoms with Crippen LogP contribution in [0.1, 0.15) is 26.7 Å². The Morgan fingerprint density at radius 1 is 1.50 bits per heavy atom. The number of amides is 1. The molecule has 94 valence electrons. The van der Waals surface area contributed by atoms with Gasteiger partial charge in [-0.25, -0.2) is 4.79 Å². The number of carbonyl (C=O) groups is 2. The van der Waals surface area contributed by atoms with Crippen molar-refractivity contribution in [2.24, 2.45) is 5.92 Å². The van der Waals surface area contributed by atoms with Gasteiger partial charge in [-0.15, -0.1) is 0 Å². The fourth-order valence-electron chi connectivity index (χ4n) is 1.58. The molecule has 5 heteroatoms. The van der Waals surface area contributed by atoms with Crippen LogP contribution in [0.25, 0.3) is 0 Å². The van der Waals surface area contributed by atoms with Crippen LogP contribution in [0.5, 0.6) is 0 Å². The first-order chi connectivity index (χ1) is 7.65. The van der Waals surface area contributed by atoms with Crippen molar-refractivity contribution in [3.8, 4) is 0 Å². The molecule has 0 aromatic rings. The van der Waals surface area contributed by atoms with E-state index in [0.717, 1.165) is 32.3 Å². The predicted octanol–water partition coefficient (Wildman–Crippen LogP) is 1.36. The first-order valence-corrected chi connectivity index (χ1v) is 5.47. The number of hydrogen-bond donors (Lipinski definition) is 1. The highest BCUT2D eigenvalue weighted by atomic mass is 16.5. The Morgan fingerprint density at radius 2 is 2.00 bits per heavy atom. The number of nitrogens with one attached hydrogen (secondary N) is 1. The summed E-state index contributed by atoms with van der Waals surface area (Å²) in [6.45, 7) is 5.06. The summed E-state index contributed by atoms with van der Waals surface area (Å²) < 4.78 is 9.77. The molecule has 0 radical (unpaired) electrons. The molecule has 0 aromatic carbocycles. The van der Waals surface area contributed by atoms with Gasteiger partial charge >= 0.3 is 6.09 Å². The highest BCUT2D eigenvalue weighted by molar-refractivity contribution is 5.67. The van der Waals surface area contributed by atoms with E-state index in [1.807, 2.05) is 6.92 Å². The van der Waals surface area contributed by atoms with E-state index < -0.39 is 0 Å². The summed E-state index contributed by atoms with van der Waals surface area (Å²) in [5.41, 5.74) is 0. The molecule has 1 aliphatic heterocycles. The van der Waals surface area contributed by atoms with Crippen molar-refractivity contribution in [3.05, 3.63) is 0 Å². The van der Waals surface area contributed by atoms with E-state index in [2.05, 4.69) is 10.1 Å². The molecule has 0 saturated carbocycles. The molecule has 0 aromatic heterocycles. The number of hydrogen-bond acceptors (Lipinski definition) is 4. The average molecular weight is 231 g/mol. The number of methoxy groups -OCH3 is 1. The van der Waals surface area contributed by atoms with Crippen LogP contribution in [0.15, 0.2) is 0 Å². The van der Waals surface area contributed by atoms with E-state index in [1.54, 1.807) is 0 Å². The minimum atomic E-state index is -0.348. The Morgan fingerprint density at radius 3 is 2.44 bits per heavy atom.